The van der Waals surface area contributed by atoms with E-state index in [2.05, 4.69) is 10.6 Å². The summed E-state index contributed by atoms with van der Waals surface area (Å²) in [7, 11) is 0. The highest BCUT2D eigenvalue weighted by Crippen LogP contribution is 2.23. The smallest absolute Gasteiger partial charge is 0.270 e. The minimum absolute atomic E-state index is 0.0300. The lowest BCUT2D eigenvalue weighted by atomic mass is 10.1. The van der Waals surface area contributed by atoms with Gasteiger partial charge in [0.15, 0.2) is 0 Å². The van der Waals surface area contributed by atoms with E-state index in [1.807, 2.05) is 0 Å². The monoisotopic (exact) mass is 362 g/mol. The molecule has 0 saturated heterocycles. The molecule has 2 aromatic rings. The van der Waals surface area contributed by atoms with Gasteiger partial charge in [0.1, 0.15) is 11.5 Å². The van der Waals surface area contributed by atoms with E-state index in [0.29, 0.717) is 24.2 Å². The zero-order valence-corrected chi connectivity index (χ0v) is 13.7. The van der Waals surface area contributed by atoms with Gasteiger partial charge in [0, 0.05) is 61.6 Å². The fourth-order valence-electron chi connectivity index (χ4n) is 2.28. The van der Waals surface area contributed by atoms with Crippen LogP contribution in [-0.2, 0) is 13.1 Å². The minimum atomic E-state index is -0.532. The average Bonchev–Trinajstić information content (AvgIpc) is 2.60. The lowest BCUT2D eigenvalue weighted by Gasteiger charge is -2.09. The van der Waals surface area contributed by atoms with E-state index in [-0.39, 0.29) is 36.0 Å². The fraction of sp³-hybridized carbons (Fsp3) is 0.250. The van der Waals surface area contributed by atoms with Gasteiger partial charge >= 0.3 is 0 Å². The third-order valence-electron chi connectivity index (χ3n) is 3.66. The number of hydrogen-bond donors (Lipinski definition) is 4. The molecule has 10 nitrogen and oxygen atoms in total. The Morgan fingerprint density at radius 1 is 0.769 bits per heavy atom. The molecule has 0 aromatic heterocycles. The topological polar surface area (TPSA) is 151 Å². The zero-order chi connectivity index (χ0) is 19.1. The van der Waals surface area contributed by atoms with E-state index in [0.717, 1.165) is 0 Å². The van der Waals surface area contributed by atoms with Gasteiger partial charge in [-0.15, -0.1) is 0 Å². The number of benzene rings is 2. The number of phenols is 2. The first kappa shape index (κ1) is 19.1. The van der Waals surface area contributed by atoms with E-state index in [1.165, 1.54) is 36.4 Å². The van der Waals surface area contributed by atoms with Gasteiger partial charge in [0.2, 0.25) is 0 Å². The third kappa shape index (κ3) is 5.13. The Labute approximate surface area is 148 Å². The molecule has 0 spiro atoms. The van der Waals surface area contributed by atoms with Gasteiger partial charge in [0.05, 0.1) is 9.85 Å². The fourth-order valence-corrected chi connectivity index (χ4v) is 2.28. The number of nitrogens with one attached hydrogen (secondary N) is 2. The van der Waals surface area contributed by atoms with Crippen LogP contribution in [0.15, 0.2) is 36.4 Å². The highest BCUT2D eigenvalue weighted by Gasteiger charge is 2.11. The Morgan fingerprint density at radius 3 is 1.50 bits per heavy atom. The van der Waals surface area contributed by atoms with E-state index < -0.39 is 9.85 Å². The lowest BCUT2D eigenvalue weighted by molar-refractivity contribution is -0.385. The maximum Gasteiger partial charge on any atom is 0.270 e. The number of nitro benzene ring substituents is 2. The van der Waals surface area contributed by atoms with Gasteiger partial charge in [-0.2, -0.15) is 0 Å². The second kappa shape index (κ2) is 8.74. The van der Waals surface area contributed by atoms with Crippen molar-refractivity contribution in [2.45, 2.75) is 13.1 Å². The molecule has 0 unspecified atom stereocenters. The van der Waals surface area contributed by atoms with Crippen LogP contribution in [0.4, 0.5) is 11.4 Å². The van der Waals surface area contributed by atoms with Crippen molar-refractivity contribution in [3.63, 3.8) is 0 Å². The molecule has 2 aromatic carbocycles. The maximum atomic E-state index is 10.7. The van der Waals surface area contributed by atoms with Gasteiger partial charge in [-0.05, 0) is 12.1 Å². The molecule has 0 fully saturated rings. The number of phenolic OH excluding ortho intramolecular Hbond substituents is 2. The van der Waals surface area contributed by atoms with Crippen molar-refractivity contribution in [2.24, 2.45) is 0 Å². The van der Waals surface area contributed by atoms with Gasteiger partial charge in [-0.3, -0.25) is 20.2 Å². The van der Waals surface area contributed by atoms with Crippen LogP contribution in [0.3, 0.4) is 0 Å². The average molecular weight is 362 g/mol. The molecule has 0 aliphatic carbocycles. The second-order valence-electron chi connectivity index (χ2n) is 5.49. The van der Waals surface area contributed by atoms with Crippen molar-refractivity contribution in [1.82, 2.24) is 10.6 Å². The number of aromatic hydroxyl groups is 2. The standard InChI is InChI=1S/C16H18N4O6/c21-15-3-1-13(19(23)24)7-11(15)9-17-5-6-18-10-12-8-14(20(25)26)2-4-16(12)22/h1-4,7-8,17-18,21-22H,5-6,9-10H2. The quantitative estimate of drug-likeness (QED) is 0.299. The number of hydrogen-bond acceptors (Lipinski definition) is 8. The lowest BCUT2D eigenvalue weighted by Crippen LogP contribution is -2.26. The van der Waals surface area contributed by atoms with Gasteiger partial charge < -0.3 is 20.8 Å². The molecule has 0 saturated carbocycles. The molecule has 26 heavy (non-hydrogen) atoms. The first-order chi connectivity index (χ1) is 12.4. The Kier molecular flexibility index (Phi) is 6.42. The van der Waals surface area contributed by atoms with Crippen molar-refractivity contribution >= 4 is 11.4 Å². The molecular formula is C16H18N4O6. The molecule has 10 heteroatoms. The van der Waals surface area contributed by atoms with Gasteiger partial charge in [-0.1, -0.05) is 0 Å². The molecular weight excluding hydrogens is 344 g/mol. The summed E-state index contributed by atoms with van der Waals surface area (Å²) in [4.78, 5) is 20.4. The van der Waals surface area contributed by atoms with Crippen molar-refractivity contribution in [2.75, 3.05) is 13.1 Å². The molecule has 0 aliphatic rings. The summed E-state index contributed by atoms with van der Waals surface area (Å²) in [5.74, 6) is -0.0600. The van der Waals surface area contributed by atoms with Crippen LogP contribution in [0.2, 0.25) is 0 Å². The summed E-state index contributed by atoms with van der Waals surface area (Å²) in [5, 5.41) is 46.9. The second-order valence-corrected chi connectivity index (χ2v) is 5.49. The molecule has 0 atom stereocenters. The van der Waals surface area contributed by atoms with Crippen molar-refractivity contribution in [3.05, 3.63) is 67.8 Å². The highest BCUT2D eigenvalue weighted by molar-refractivity contribution is 5.43. The van der Waals surface area contributed by atoms with Crippen LogP contribution in [-0.4, -0.2) is 33.1 Å². The number of nitro groups is 2. The molecule has 0 amide bonds. The molecule has 0 radical (unpaired) electrons. The summed E-state index contributed by atoms with van der Waals surface area (Å²) in [6.45, 7) is 1.46. The van der Waals surface area contributed by atoms with Crippen molar-refractivity contribution in [3.8, 4) is 11.5 Å². The molecule has 2 rings (SSSR count). The maximum absolute atomic E-state index is 10.7. The third-order valence-corrected chi connectivity index (χ3v) is 3.66. The summed E-state index contributed by atoms with van der Waals surface area (Å²) in [5.41, 5.74) is 0.629. The molecule has 138 valence electrons. The Morgan fingerprint density at radius 2 is 1.15 bits per heavy atom. The van der Waals surface area contributed by atoms with E-state index in [4.69, 9.17) is 0 Å². The largest absolute Gasteiger partial charge is 0.508 e. The summed E-state index contributed by atoms with van der Waals surface area (Å²) >= 11 is 0. The van der Waals surface area contributed by atoms with Crippen LogP contribution in [0, 0.1) is 20.2 Å². The predicted octanol–water partition coefficient (Wildman–Crippen LogP) is 1.79. The SMILES string of the molecule is O=[N+]([O-])c1ccc(O)c(CNCCNCc2cc([N+](=O)[O-])ccc2O)c1. The Hall–Kier alpha value is -3.24. The Balaban J connectivity index is 1.78. The first-order valence-corrected chi connectivity index (χ1v) is 7.72. The van der Waals surface area contributed by atoms with Crippen LogP contribution in [0.1, 0.15) is 11.1 Å². The molecule has 0 bridgehead atoms. The predicted molar refractivity (Wildman–Crippen MR) is 92.9 cm³/mol. The summed E-state index contributed by atoms with van der Waals surface area (Å²) in [6.07, 6.45) is 0. The molecule has 0 heterocycles. The number of non-ortho nitro benzene ring substituents is 2. The number of nitrogens with zero attached hydrogens (tertiary/aromatic N) is 2. The highest BCUT2D eigenvalue weighted by atomic mass is 16.6. The van der Waals surface area contributed by atoms with E-state index in [9.17, 15) is 30.4 Å². The summed E-state index contributed by atoms with van der Waals surface area (Å²) in [6, 6.07) is 7.61. The molecule has 0 aliphatic heterocycles. The van der Waals surface area contributed by atoms with Gasteiger partial charge in [-0.25, -0.2) is 0 Å². The zero-order valence-electron chi connectivity index (χ0n) is 13.7. The van der Waals surface area contributed by atoms with E-state index >= 15 is 0 Å². The van der Waals surface area contributed by atoms with Crippen LogP contribution < -0.4 is 10.6 Å². The first-order valence-electron chi connectivity index (χ1n) is 7.72. The van der Waals surface area contributed by atoms with Crippen LogP contribution in [0.25, 0.3) is 0 Å². The van der Waals surface area contributed by atoms with Crippen LogP contribution in [0.5, 0.6) is 11.5 Å². The van der Waals surface area contributed by atoms with Crippen LogP contribution >= 0.6 is 0 Å². The Bertz CT molecular complexity index is 744. The van der Waals surface area contributed by atoms with Gasteiger partial charge in [0.25, 0.3) is 11.4 Å². The van der Waals surface area contributed by atoms with Crippen molar-refractivity contribution < 1.29 is 20.1 Å². The molecule has 4 N–H and O–H groups in total. The van der Waals surface area contributed by atoms with Crippen molar-refractivity contribution in [1.29, 1.82) is 0 Å². The summed E-state index contributed by atoms with van der Waals surface area (Å²) < 4.78 is 0. The minimum Gasteiger partial charge on any atom is -0.508 e. The number of rotatable bonds is 9. The van der Waals surface area contributed by atoms with E-state index in [1.54, 1.807) is 0 Å². The normalized spacial score (nSPS) is 10.6.